The molecule has 6 heteroatoms. The number of rotatable bonds is 4. The molecule has 0 radical (unpaired) electrons. The molecule has 0 bridgehead atoms. The van der Waals surface area contributed by atoms with Crippen molar-refractivity contribution in [2.45, 2.75) is 32.4 Å². The third-order valence-corrected chi connectivity index (χ3v) is 3.85. The number of hydrogen-bond donors (Lipinski definition) is 1. The fraction of sp³-hybridized carbons (Fsp3) is 0.429. The number of nitrogens with zero attached hydrogens (tertiary/aromatic N) is 3. The number of methoxy groups -OCH3 is 1. The summed E-state index contributed by atoms with van der Waals surface area (Å²) in [5, 5.41) is 12.5. The lowest BCUT2D eigenvalue weighted by atomic mass is 10.2. The maximum Gasteiger partial charge on any atom is 0.152 e. The molecule has 1 aliphatic rings. The Balaban J connectivity index is 1.72. The second-order valence-electron chi connectivity index (χ2n) is 4.84. The molecule has 0 unspecified atom stereocenters. The Kier molecular flexibility index (Phi) is 3.78. The van der Waals surface area contributed by atoms with Gasteiger partial charge in [-0.2, -0.15) is 0 Å². The summed E-state index contributed by atoms with van der Waals surface area (Å²) in [5.74, 6) is 2.75. The summed E-state index contributed by atoms with van der Waals surface area (Å²) in [6, 6.07) is 5.64. The number of halogens is 1. The molecular weight excluding hydrogens is 276 g/mol. The highest BCUT2D eigenvalue weighted by Crippen LogP contribution is 2.27. The monoisotopic (exact) mass is 292 g/mol. The van der Waals surface area contributed by atoms with Crippen LogP contribution in [0.25, 0.3) is 0 Å². The number of nitrogens with one attached hydrogen (secondary N) is 1. The standard InChI is InChI=1S/C14H17ClN4O/c1-20-12-8-10(5-6-11(12)15)16-9-14-18-17-13-4-2-3-7-19(13)14/h5-6,8,16H,2-4,7,9H2,1H3. The van der Waals surface area contributed by atoms with E-state index in [1.807, 2.05) is 18.2 Å². The smallest absolute Gasteiger partial charge is 0.152 e. The summed E-state index contributed by atoms with van der Waals surface area (Å²) < 4.78 is 7.42. The highest BCUT2D eigenvalue weighted by atomic mass is 35.5. The van der Waals surface area contributed by atoms with E-state index >= 15 is 0 Å². The van der Waals surface area contributed by atoms with Crippen LogP contribution < -0.4 is 10.1 Å². The molecule has 0 atom stereocenters. The van der Waals surface area contributed by atoms with E-state index in [-0.39, 0.29) is 0 Å². The SMILES string of the molecule is COc1cc(NCc2nnc3n2CCCC3)ccc1Cl. The molecule has 20 heavy (non-hydrogen) atoms. The lowest BCUT2D eigenvalue weighted by molar-refractivity contribution is 0.415. The van der Waals surface area contributed by atoms with Crippen LogP contribution in [0, 0.1) is 0 Å². The van der Waals surface area contributed by atoms with E-state index < -0.39 is 0 Å². The molecule has 5 nitrogen and oxygen atoms in total. The average molecular weight is 293 g/mol. The number of fused-ring (bicyclic) bond motifs is 1. The molecule has 106 valence electrons. The van der Waals surface area contributed by atoms with Crippen molar-refractivity contribution in [1.82, 2.24) is 14.8 Å². The van der Waals surface area contributed by atoms with Crippen LogP contribution >= 0.6 is 11.6 Å². The van der Waals surface area contributed by atoms with Crippen LogP contribution in [-0.2, 0) is 19.5 Å². The van der Waals surface area contributed by atoms with Gasteiger partial charge in [0.05, 0.1) is 18.7 Å². The number of hydrogen-bond acceptors (Lipinski definition) is 4. The van der Waals surface area contributed by atoms with E-state index in [1.165, 1.54) is 12.8 Å². The largest absolute Gasteiger partial charge is 0.495 e. The van der Waals surface area contributed by atoms with Crippen molar-refractivity contribution in [3.63, 3.8) is 0 Å². The molecular formula is C14H17ClN4O. The van der Waals surface area contributed by atoms with Crippen molar-refractivity contribution in [3.8, 4) is 5.75 Å². The second kappa shape index (κ2) is 5.71. The molecule has 0 aliphatic carbocycles. The van der Waals surface area contributed by atoms with Crippen LogP contribution in [0.1, 0.15) is 24.5 Å². The Morgan fingerprint density at radius 3 is 3.10 bits per heavy atom. The molecule has 0 spiro atoms. The highest BCUT2D eigenvalue weighted by molar-refractivity contribution is 6.32. The van der Waals surface area contributed by atoms with Gasteiger partial charge in [0.15, 0.2) is 5.82 Å². The summed E-state index contributed by atoms with van der Waals surface area (Å²) in [6.07, 6.45) is 3.44. The van der Waals surface area contributed by atoms with Crippen molar-refractivity contribution in [3.05, 3.63) is 34.9 Å². The van der Waals surface area contributed by atoms with Crippen LogP contribution in [0.5, 0.6) is 5.75 Å². The molecule has 1 aromatic carbocycles. The molecule has 0 saturated carbocycles. The summed E-state index contributed by atoms with van der Waals surface area (Å²) >= 11 is 6.01. The minimum atomic E-state index is 0.609. The van der Waals surface area contributed by atoms with Gasteiger partial charge in [0.1, 0.15) is 11.6 Å². The molecule has 0 fully saturated rings. The Labute approximate surface area is 122 Å². The number of aryl methyl sites for hydroxylation is 1. The van der Waals surface area contributed by atoms with Crippen molar-refractivity contribution in [2.24, 2.45) is 0 Å². The quantitative estimate of drug-likeness (QED) is 0.941. The molecule has 1 aromatic heterocycles. The topological polar surface area (TPSA) is 52.0 Å². The zero-order valence-corrected chi connectivity index (χ0v) is 12.2. The zero-order chi connectivity index (χ0) is 13.9. The normalized spacial score (nSPS) is 13.9. The van der Waals surface area contributed by atoms with Crippen molar-refractivity contribution in [1.29, 1.82) is 0 Å². The third kappa shape index (κ3) is 2.58. The number of anilines is 1. The minimum absolute atomic E-state index is 0.609. The molecule has 1 aliphatic heterocycles. The van der Waals surface area contributed by atoms with Crippen LogP contribution in [0.4, 0.5) is 5.69 Å². The van der Waals surface area contributed by atoms with Gasteiger partial charge in [0, 0.05) is 24.7 Å². The number of benzene rings is 1. The lowest BCUT2D eigenvalue weighted by Crippen LogP contribution is -2.15. The molecule has 0 amide bonds. The van der Waals surface area contributed by atoms with Crippen molar-refractivity contribution < 1.29 is 4.74 Å². The lowest BCUT2D eigenvalue weighted by Gasteiger charge is -2.15. The van der Waals surface area contributed by atoms with Gasteiger partial charge >= 0.3 is 0 Å². The first-order valence-electron chi connectivity index (χ1n) is 6.76. The van der Waals surface area contributed by atoms with Gasteiger partial charge in [-0.05, 0) is 25.0 Å². The van der Waals surface area contributed by atoms with Crippen molar-refractivity contribution >= 4 is 17.3 Å². The van der Waals surface area contributed by atoms with Gasteiger partial charge in [0.25, 0.3) is 0 Å². The van der Waals surface area contributed by atoms with E-state index in [2.05, 4.69) is 20.1 Å². The van der Waals surface area contributed by atoms with Crippen LogP contribution in [-0.4, -0.2) is 21.9 Å². The number of ether oxygens (including phenoxy) is 1. The fourth-order valence-corrected chi connectivity index (χ4v) is 2.64. The maximum absolute atomic E-state index is 6.01. The molecule has 3 rings (SSSR count). The molecule has 2 aromatic rings. The van der Waals surface area contributed by atoms with Crippen LogP contribution in [0.15, 0.2) is 18.2 Å². The summed E-state index contributed by atoms with van der Waals surface area (Å²) in [7, 11) is 1.61. The minimum Gasteiger partial charge on any atom is -0.495 e. The van der Waals surface area contributed by atoms with Gasteiger partial charge in [-0.15, -0.1) is 10.2 Å². The van der Waals surface area contributed by atoms with Crippen LogP contribution in [0.2, 0.25) is 5.02 Å². The van der Waals surface area contributed by atoms with E-state index in [0.29, 0.717) is 17.3 Å². The van der Waals surface area contributed by atoms with E-state index in [0.717, 1.165) is 30.3 Å². The Hall–Kier alpha value is -1.75. The Bertz CT molecular complexity index is 611. The fourth-order valence-electron chi connectivity index (χ4n) is 2.45. The summed E-state index contributed by atoms with van der Waals surface area (Å²) in [6.45, 7) is 1.67. The number of aromatic nitrogens is 3. The Morgan fingerprint density at radius 2 is 2.25 bits per heavy atom. The van der Waals surface area contributed by atoms with E-state index in [1.54, 1.807) is 7.11 Å². The van der Waals surface area contributed by atoms with Gasteiger partial charge in [-0.25, -0.2) is 0 Å². The third-order valence-electron chi connectivity index (χ3n) is 3.54. The maximum atomic E-state index is 6.01. The molecule has 1 N–H and O–H groups in total. The first-order valence-corrected chi connectivity index (χ1v) is 7.14. The average Bonchev–Trinajstić information content (AvgIpc) is 2.90. The van der Waals surface area contributed by atoms with Gasteiger partial charge in [-0.1, -0.05) is 11.6 Å². The first kappa shape index (κ1) is 13.2. The van der Waals surface area contributed by atoms with Crippen LogP contribution in [0.3, 0.4) is 0 Å². The van der Waals surface area contributed by atoms with Gasteiger partial charge in [0.2, 0.25) is 0 Å². The predicted octanol–water partition coefficient (Wildman–Crippen LogP) is 2.89. The zero-order valence-electron chi connectivity index (χ0n) is 11.4. The summed E-state index contributed by atoms with van der Waals surface area (Å²) in [5.41, 5.74) is 0.958. The second-order valence-corrected chi connectivity index (χ2v) is 5.25. The van der Waals surface area contributed by atoms with Gasteiger partial charge in [-0.3, -0.25) is 0 Å². The molecule has 0 saturated heterocycles. The summed E-state index contributed by atoms with van der Waals surface area (Å²) in [4.78, 5) is 0. The first-order chi connectivity index (χ1) is 9.78. The van der Waals surface area contributed by atoms with E-state index in [9.17, 15) is 0 Å². The van der Waals surface area contributed by atoms with Gasteiger partial charge < -0.3 is 14.6 Å². The Morgan fingerprint density at radius 1 is 1.35 bits per heavy atom. The van der Waals surface area contributed by atoms with Crippen molar-refractivity contribution in [2.75, 3.05) is 12.4 Å². The highest BCUT2D eigenvalue weighted by Gasteiger charge is 2.15. The predicted molar refractivity (Wildman–Crippen MR) is 78.3 cm³/mol. The molecule has 2 heterocycles. The van der Waals surface area contributed by atoms with E-state index in [4.69, 9.17) is 16.3 Å².